The van der Waals surface area contributed by atoms with Gasteiger partial charge in [-0.1, -0.05) is 61.5 Å². The number of halogens is 2. The van der Waals surface area contributed by atoms with Gasteiger partial charge in [0.25, 0.3) is 5.91 Å². The fourth-order valence-electron chi connectivity index (χ4n) is 3.77. The zero-order chi connectivity index (χ0) is 26.4. The number of rotatable bonds is 10. The van der Waals surface area contributed by atoms with Gasteiger partial charge in [-0.15, -0.1) is 21.5 Å². The second kappa shape index (κ2) is 12.3. The lowest BCUT2D eigenvalue weighted by molar-refractivity contribution is -0.113. The van der Waals surface area contributed by atoms with E-state index in [2.05, 4.69) is 39.7 Å². The largest absolute Gasteiger partial charge is 0.345 e. The van der Waals surface area contributed by atoms with Gasteiger partial charge < -0.3 is 10.6 Å². The van der Waals surface area contributed by atoms with Crippen LogP contribution in [0.5, 0.6) is 0 Å². The summed E-state index contributed by atoms with van der Waals surface area (Å²) >= 11 is 8.62. The Balaban J connectivity index is 1.64. The maximum absolute atomic E-state index is 14.3. The van der Waals surface area contributed by atoms with Gasteiger partial charge in [0.05, 0.1) is 28.6 Å². The van der Waals surface area contributed by atoms with Gasteiger partial charge in [0.15, 0.2) is 16.1 Å². The van der Waals surface area contributed by atoms with Gasteiger partial charge in [-0.25, -0.2) is 9.37 Å². The second-order valence-electron chi connectivity index (χ2n) is 7.82. The average molecular weight is 559 g/mol. The molecule has 0 saturated carbocycles. The summed E-state index contributed by atoms with van der Waals surface area (Å²) in [6.07, 6.45) is 3.13. The van der Waals surface area contributed by atoms with Crippen molar-refractivity contribution in [1.82, 2.24) is 25.1 Å². The summed E-state index contributed by atoms with van der Waals surface area (Å²) < 4.78 is 16.1. The minimum absolute atomic E-state index is 0.0195. The Morgan fingerprint density at radius 3 is 2.49 bits per heavy atom. The van der Waals surface area contributed by atoms with E-state index in [9.17, 15) is 14.0 Å². The van der Waals surface area contributed by atoms with Crippen molar-refractivity contribution in [3.63, 3.8) is 0 Å². The maximum atomic E-state index is 14.3. The van der Waals surface area contributed by atoms with Crippen molar-refractivity contribution >= 4 is 51.6 Å². The molecule has 2 aromatic carbocycles. The quantitative estimate of drug-likeness (QED) is 0.256. The predicted octanol–water partition coefficient (Wildman–Crippen LogP) is 5.30. The molecule has 0 atom stereocenters. The second-order valence-corrected chi connectivity index (χ2v) is 10.1. The fraction of sp³-hybridized carbons (Fsp3) is 0.240. The number of para-hydroxylation sites is 1. The van der Waals surface area contributed by atoms with E-state index < -0.39 is 11.7 Å². The Hall–Kier alpha value is -3.28. The molecule has 4 rings (SSSR count). The van der Waals surface area contributed by atoms with Crippen LogP contribution in [0.2, 0.25) is 5.02 Å². The summed E-state index contributed by atoms with van der Waals surface area (Å²) in [6.45, 7) is 4.08. The third-order valence-corrected chi connectivity index (χ3v) is 7.43. The number of aromatic nitrogens is 4. The number of benzene rings is 2. The number of hydrogen-bond acceptors (Lipinski definition) is 7. The summed E-state index contributed by atoms with van der Waals surface area (Å²) in [7, 11) is 0. The molecule has 0 unspecified atom stereocenters. The molecule has 0 spiro atoms. The third kappa shape index (κ3) is 6.17. The molecule has 37 heavy (non-hydrogen) atoms. The van der Waals surface area contributed by atoms with Gasteiger partial charge >= 0.3 is 0 Å². The molecule has 4 aromatic rings. The van der Waals surface area contributed by atoms with Gasteiger partial charge in [0, 0.05) is 11.6 Å². The first kappa shape index (κ1) is 26.8. The van der Waals surface area contributed by atoms with Crippen molar-refractivity contribution in [1.29, 1.82) is 0 Å². The number of hydrogen-bond donors (Lipinski definition) is 2. The van der Waals surface area contributed by atoms with E-state index >= 15 is 0 Å². The molecule has 2 amide bonds. The van der Waals surface area contributed by atoms with Crippen molar-refractivity contribution in [2.75, 3.05) is 11.1 Å². The average Bonchev–Trinajstić information content (AvgIpc) is 3.55. The fourth-order valence-corrected chi connectivity index (χ4v) is 5.32. The molecular formula is C25H24ClFN6O2S2. The van der Waals surface area contributed by atoms with Crippen LogP contribution in [-0.2, 0) is 24.2 Å². The van der Waals surface area contributed by atoms with E-state index in [1.165, 1.54) is 41.3 Å². The lowest BCUT2D eigenvalue weighted by atomic mass is 10.0. The Bertz CT molecular complexity index is 1370. The highest BCUT2D eigenvalue weighted by Gasteiger charge is 2.22. The molecule has 0 bridgehead atoms. The minimum Gasteiger partial charge on any atom is -0.345 e. The minimum atomic E-state index is -0.710. The topological polar surface area (TPSA) is 102 Å². The highest BCUT2D eigenvalue weighted by Crippen LogP contribution is 2.29. The smallest absolute Gasteiger partial charge is 0.256 e. The number of thiazole rings is 1. The van der Waals surface area contributed by atoms with E-state index in [1.54, 1.807) is 11.6 Å². The Labute approximate surface area is 226 Å². The number of amides is 2. The molecule has 0 fully saturated rings. The highest BCUT2D eigenvalue weighted by atomic mass is 35.5. The number of anilines is 1. The maximum Gasteiger partial charge on any atom is 0.256 e. The van der Waals surface area contributed by atoms with Crippen LogP contribution in [0, 0.1) is 5.82 Å². The van der Waals surface area contributed by atoms with Gasteiger partial charge in [-0.3, -0.25) is 14.2 Å². The predicted molar refractivity (Wildman–Crippen MR) is 144 cm³/mol. The zero-order valence-electron chi connectivity index (χ0n) is 20.1. The van der Waals surface area contributed by atoms with Crippen LogP contribution < -0.4 is 10.6 Å². The van der Waals surface area contributed by atoms with Crippen LogP contribution in [0.3, 0.4) is 0 Å². The molecule has 0 aliphatic carbocycles. The normalized spacial score (nSPS) is 10.9. The Morgan fingerprint density at radius 1 is 1.11 bits per heavy atom. The van der Waals surface area contributed by atoms with Gasteiger partial charge in [0.2, 0.25) is 5.91 Å². The van der Waals surface area contributed by atoms with Crippen molar-refractivity contribution in [3.8, 4) is 5.69 Å². The summed E-state index contributed by atoms with van der Waals surface area (Å²) in [5, 5.41) is 16.9. The molecule has 8 nitrogen and oxygen atoms in total. The first-order valence-corrected chi connectivity index (χ1v) is 13.8. The van der Waals surface area contributed by atoms with Crippen LogP contribution in [0.4, 0.5) is 9.52 Å². The van der Waals surface area contributed by atoms with E-state index in [0.717, 1.165) is 29.7 Å². The number of carbonyl (C=O) groups excluding carboxylic acids is 2. The summed E-state index contributed by atoms with van der Waals surface area (Å²) in [5.41, 5.74) is 2.82. The lowest BCUT2D eigenvalue weighted by Crippen LogP contribution is -2.26. The molecule has 0 saturated heterocycles. The third-order valence-electron chi connectivity index (χ3n) is 5.50. The standard InChI is InChI=1S/C25H24ClFN6O2S2/c1-3-15-7-5-8-16(4-2)22(15)33-19(13-29-23(35)21-17(26)9-6-10-18(21)27)31-32-25(33)37-14-20(34)30-24-28-11-12-36-24/h5-12H,3-4,13-14H2,1-2H3,(H,29,35)(H,28,30,34). The molecule has 0 aliphatic heterocycles. The highest BCUT2D eigenvalue weighted by molar-refractivity contribution is 7.99. The summed E-state index contributed by atoms with van der Waals surface area (Å²) in [4.78, 5) is 29.3. The molecule has 2 aromatic heterocycles. The van der Waals surface area contributed by atoms with Gasteiger partial charge in [-0.05, 0) is 36.1 Å². The van der Waals surface area contributed by atoms with Gasteiger partial charge in [0.1, 0.15) is 5.82 Å². The lowest BCUT2D eigenvalue weighted by Gasteiger charge is -2.18. The molecule has 2 heterocycles. The van der Waals surface area contributed by atoms with Crippen molar-refractivity contribution < 1.29 is 14.0 Å². The molecular weight excluding hydrogens is 535 g/mol. The molecule has 12 heteroatoms. The zero-order valence-corrected chi connectivity index (χ0v) is 22.5. The van der Waals surface area contributed by atoms with Crippen LogP contribution in [0.25, 0.3) is 5.69 Å². The van der Waals surface area contributed by atoms with Crippen molar-refractivity contribution in [2.45, 2.75) is 38.4 Å². The number of thioether (sulfide) groups is 1. The van der Waals surface area contributed by atoms with E-state index in [1.807, 2.05) is 22.8 Å². The first-order chi connectivity index (χ1) is 17.9. The van der Waals surface area contributed by atoms with E-state index in [4.69, 9.17) is 11.6 Å². The molecule has 2 N–H and O–H groups in total. The molecule has 192 valence electrons. The molecule has 0 aliphatic rings. The Morgan fingerprint density at radius 2 is 1.84 bits per heavy atom. The van der Waals surface area contributed by atoms with Crippen LogP contribution in [-0.4, -0.2) is 37.3 Å². The van der Waals surface area contributed by atoms with Gasteiger partial charge in [-0.2, -0.15) is 0 Å². The van der Waals surface area contributed by atoms with Crippen LogP contribution in [0.15, 0.2) is 53.1 Å². The van der Waals surface area contributed by atoms with E-state index in [0.29, 0.717) is 16.1 Å². The van der Waals surface area contributed by atoms with Crippen LogP contribution >= 0.6 is 34.7 Å². The monoisotopic (exact) mass is 558 g/mol. The van der Waals surface area contributed by atoms with Crippen LogP contribution in [0.1, 0.15) is 41.2 Å². The summed E-state index contributed by atoms with van der Waals surface area (Å²) in [6, 6.07) is 10.1. The van der Waals surface area contributed by atoms with Crippen molar-refractivity contribution in [3.05, 3.63) is 81.3 Å². The van der Waals surface area contributed by atoms with E-state index in [-0.39, 0.29) is 28.8 Å². The first-order valence-electron chi connectivity index (χ1n) is 11.5. The number of aryl methyl sites for hydroxylation is 2. The molecule has 0 radical (unpaired) electrons. The summed E-state index contributed by atoms with van der Waals surface area (Å²) in [5.74, 6) is -1.06. The number of carbonyl (C=O) groups is 2. The van der Waals surface area contributed by atoms with Crippen molar-refractivity contribution in [2.24, 2.45) is 0 Å². The number of nitrogens with one attached hydrogen (secondary N) is 2. The number of nitrogens with zero attached hydrogens (tertiary/aromatic N) is 4. The Kier molecular flexibility index (Phi) is 8.91. The SMILES string of the molecule is CCc1cccc(CC)c1-n1c(CNC(=O)c2c(F)cccc2Cl)nnc1SCC(=O)Nc1nccs1.